The van der Waals surface area contributed by atoms with Crippen molar-refractivity contribution in [2.75, 3.05) is 38.1 Å². The van der Waals surface area contributed by atoms with E-state index in [0.29, 0.717) is 53.5 Å². The maximum absolute atomic E-state index is 13.5. The predicted octanol–water partition coefficient (Wildman–Crippen LogP) is 4.06. The minimum Gasteiger partial charge on any atom is -0.493 e. The first kappa shape index (κ1) is 26.8. The Morgan fingerprint density at radius 1 is 1.07 bits per heavy atom. The molecule has 0 saturated carbocycles. The van der Waals surface area contributed by atoms with Crippen LogP contribution in [-0.2, 0) is 11.0 Å². The zero-order valence-corrected chi connectivity index (χ0v) is 21.8. The lowest BCUT2D eigenvalue weighted by Crippen LogP contribution is -2.41. The van der Waals surface area contributed by atoms with Gasteiger partial charge in [0.15, 0.2) is 11.5 Å². The van der Waals surface area contributed by atoms with E-state index in [1.807, 2.05) is 0 Å². The summed E-state index contributed by atoms with van der Waals surface area (Å²) >= 11 is 0. The molecule has 210 valence electrons. The van der Waals surface area contributed by atoms with E-state index in [4.69, 9.17) is 19.9 Å². The van der Waals surface area contributed by atoms with Crippen molar-refractivity contribution in [1.29, 1.82) is 0 Å². The highest BCUT2D eigenvalue weighted by atomic mass is 19.4. The number of amides is 1. The highest BCUT2D eigenvalue weighted by Gasteiger charge is 2.33. The van der Waals surface area contributed by atoms with Gasteiger partial charge in [0.1, 0.15) is 24.0 Å². The molecule has 4 aromatic rings. The fourth-order valence-corrected chi connectivity index (χ4v) is 4.69. The summed E-state index contributed by atoms with van der Waals surface area (Å²) in [5.74, 6) is 1.44. The number of halogens is 3. The number of benzene rings is 2. The zero-order valence-electron chi connectivity index (χ0n) is 21.8. The Morgan fingerprint density at radius 3 is 2.42 bits per heavy atom. The number of hydrogen-bond donors (Lipinski definition) is 2. The lowest BCUT2D eigenvalue weighted by atomic mass is 10.1. The van der Waals surface area contributed by atoms with Crippen LogP contribution >= 0.6 is 0 Å². The summed E-state index contributed by atoms with van der Waals surface area (Å²) in [6.45, 7) is 0.438. The molecule has 1 saturated heterocycles. The van der Waals surface area contributed by atoms with E-state index in [0.717, 1.165) is 12.1 Å². The molecule has 1 amide bonds. The number of ether oxygens (including phenoxy) is 3. The van der Waals surface area contributed by atoms with Crippen molar-refractivity contribution in [1.82, 2.24) is 19.5 Å². The van der Waals surface area contributed by atoms with Gasteiger partial charge in [-0.3, -0.25) is 4.79 Å². The smallest absolute Gasteiger partial charge is 0.416 e. The van der Waals surface area contributed by atoms with E-state index in [1.54, 1.807) is 34.1 Å². The number of aromatic nitrogens is 4. The lowest BCUT2D eigenvalue weighted by Gasteiger charge is -2.23. The largest absolute Gasteiger partial charge is 0.493 e. The number of nitrogens with two attached hydrogens (primary N) is 1. The predicted molar refractivity (Wildman–Crippen MR) is 141 cm³/mol. The minimum atomic E-state index is -4.56. The first-order valence-electron chi connectivity index (χ1n) is 12.2. The van der Waals surface area contributed by atoms with Gasteiger partial charge in [-0.2, -0.15) is 18.2 Å². The number of carbonyl (C=O) groups excluding carboxylic acids is 1. The van der Waals surface area contributed by atoms with Gasteiger partial charge in [-0.25, -0.2) is 9.97 Å². The van der Waals surface area contributed by atoms with Gasteiger partial charge in [0.05, 0.1) is 44.3 Å². The number of fused-ring (bicyclic) bond motifs is 1. The van der Waals surface area contributed by atoms with E-state index in [9.17, 15) is 18.0 Å². The van der Waals surface area contributed by atoms with E-state index in [2.05, 4.69) is 20.3 Å². The van der Waals surface area contributed by atoms with Crippen LogP contribution < -0.4 is 30.2 Å². The van der Waals surface area contributed by atoms with E-state index >= 15 is 0 Å². The first-order chi connectivity index (χ1) is 19.1. The summed E-state index contributed by atoms with van der Waals surface area (Å²) in [5, 5.41) is 3.43. The summed E-state index contributed by atoms with van der Waals surface area (Å²) in [7, 11) is 4.52. The third kappa shape index (κ3) is 4.99. The molecule has 40 heavy (non-hydrogen) atoms. The maximum atomic E-state index is 13.5. The molecular weight excluding hydrogens is 531 g/mol. The molecule has 0 unspecified atom stereocenters. The first-order valence-corrected chi connectivity index (χ1v) is 12.2. The Hall–Kier alpha value is -4.75. The molecule has 1 aliphatic rings. The quantitative estimate of drug-likeness (QED) is 0.329. The average Bonchev–Trinajstić information content (AvgIpc) is 3.61. The van der Waals surface area contributed by atoms with Crippen molar-refractivity contribution in [2.45, 2.75) is 25.1 Å². The van der Waals surface area contributed by atoms with Gasteiger partial charge in [0, 0.05) is 24.1 Å². The van der Waals surface area contributed by atoms with Gasteiger partial charge in [-0.05, 0) is 31.0 Å². The van der Waals surface area contributed by atoms with Gasteiger partial charge < -0.3 is 34.7 Å². The van der Waals surface area contributed by atoms with Gasteiger partial charge in [-0.1, -0.05) is 0 Å². The second-order valence-electron chi connectivity index (χ2n) is 9.03. The lowest BCUT2D eigenvalue weighted by molar-refractivity contribution is -0.137. The number of anilines is 3. The van der Waals surface area contributed by atoms with Gasteiger partial charge in [0.2, 0.25) is 17.6 Å². The van der Waals surface area contributed by atoms with Crippen molar-refractivity contribution in [3.63, 3.8) is 0 Å². The Morgan fingerprint density at radius 2 is 1.80 bits per heavy atom. The third-order valence-corrected chi connectivity index (χ3v) is 6.63. The normalized spacial score (nSPS) is 15.3. The Bertz CT molecular complexity index is 1550. The third-order valence-electron chi connectivity index (χ3n) is 6.63. The fraction of sp³-hybridized carbons (Fsp3) is 0.308. The summed E-state index contributed by atoms with van der Waals surface area (Å²) in [6.07, 6.45) is -0.185. The van der Waals surface area contributed by atoms with Crippen molar-refractivity contribution in [3.05, 3.63) is 48.4 Å². The van der Waals surface area contributed by atoms with Crippen LogP contribution in [0.25, 0.3) is 16.6 Å². The summed E-state index contributed by atoms with van der Waals surface area (Å²) < 4.78 is 58.4. The molecule has 0 aliphatic carbocycles. The standard InChI is InChI=1S/C26H26F3N7O4/c1-38-19-10-15(11-20(39-2)22(19)40-3)35-12-21(31-13-35)33-24-16-7-6-14(26(27,28)29)9-17(16)32-25(34-24)36-8-4-5-18(36)23(30)37/h6-7,9-13,18H,4-5,8H2,1-3H3,(H2,30,37)(H,32,33,34)/t18-/m1/s1. The van der Waals surface area contributed by atoms with Crippen LogP contribution in [0.5, 0.6) is 17.2 Å². The van der Waals surface area contributed by atoms with Gasteiger partial charge >= 0.3 is 6.18 Å². The van der Waals surface area contributed by atoms with Crippen LogP contribution in [0.15, 0.2) is 42.9 Å². The second-order valence-corrected chi connectivity index (χ2v) is 9.03. The highest BCUT2D eigenvalue weighted by Crippen LogP contribution is 2.40. The molecule has 3 N–H and O–H groups in total. The molecule has 14 heteroatoms. The van der Waals surface area contributed by atoms with E-state index < -0.39 is 23.7 Å². The molecule has 2 aromatic carbocycles. The monoisotopic (exact) mass is 557 g/mol. The molecule has 5 rings (SSSR count). The van der Waals surface area contributed by atoms with Crippen LogP contribution in [0.2, 0.25) is 0 Å². The second kappa shape index (κ2) is 10.4. The van der Waals surface area contributed by atoms with Gasteiger partial charge in [0.25, 0.3) is 0 Å². The molecule has 1 atom stereocenters. The van der Waals surface area contributed by atoms with Crippen molar-refractivity contribution in [3.8, 4) is 22.9 Å². The molecule has 3 heterocycles. The maximum Gasteiger partial charge on any atom is 0.416 e. The van der Waals surface area contributed by atoms with E-state index in [1.165, 1.54) is 27.4 Å². The average molecular weight is 558 g/mol. The number of hydrogen-bond acceptors (Lipinski definition) is 9. The number of rotatable bonds is 8. The minimum absolute atomic E-state index is 0.0569. The van der Waals surface area contributed by atoms with Crippen molar-refractivity contribution < 1.29 is 32.2 Å². The molecule has 0 spiro atoms. The fourth-order valence-electron chi connectivity index (χ4n) is 4.69. The number of primary amides is 1. The Kier molecular flexibility index (Phi) is 7.00. The van der Waals surface area contributed by atoms with Crippen LogP contribution in [0.1, 0.15) is 18.4 Å². The molecule has 0 bridgehead atoms. The Balaban J connectivity index is 1.56. The van der Waals surface area contributed by atoms with Crippen LogP contribution in [-0.4, -0.2) is 59.3 Å². The van der Waals surface area contributed by atoms with Crippen molar-refractivity contribution in [2.24, 2.45) is 5.73 Å². The zero-order chi connectivity index (χ0) is 28.6. The number of carbonyl (C=O) groups is 1. The van der Waals surface area contributed by atoms with Crippen LogP contribution in [0, 0.1) is 0 Å². The molecule has 0 radical (unpaired) electrons. The Labute approximate surface area is 226 Å². The summed E-state index contributed by atoms with van der Waals surface area (Å²) in [6, 6.07) is 6.04. The van der Waals surface area contributed by atoms with Crippen LogP contribution in [0.4, 0.5) is 30.8 Å². The highest BCUT2D eigenvalue weighted by molar-refractivity contribution is 5.92. The van der Waals surface area contributed by atoms with Crippen LogP contribution in [0.3, 0.4) is 0 Å². The topological polar surface area (TPSA) is 130 Å². The number of nitrogens with zero attached hydrogens (tertiary/aromatic N) is 5. The number of methoxy groups -OCH3 is 3. The summed E-state index contributed by atoms with van der Waals surface area (Å²) in [5.41, 5.74) is 5.42. The summed E-state index contributed by atoms with van der Waals surface area (Å²) in [4.78, 5) is 26.9. The molecule has 1 aliphatic heterocycles. The number of nitrogens with one attached hydrogen (secondary N) is 1. The molecule has 2 aromatic heterocycles. The number of imidazole rings is 1. The SMILES string of the molecule is COc1cc(-n2cnc(Nc3nc(N4CCC[C@@H]4C(N)=O)nc4cc(C(F)(F)F)ccc34)c2)cc(OC)c1OC. The van der Waals surface area contributed by atoms with Crippen molar-refractivity contribution >= 4 is 34.4 Å². The number of alkyl halides is 3. The van der Waals surface area contributed by atoms with Gasteiger partial charge in [-0.15, -0.1) is 0 Å². The van der Waals surface area contributed by atoms with E-state index in [-0.39, 0.29) is 17.3 Å². The molecular formula is C26H26F3N7O4. The molecule has 11 nitrogen and oxygen atoms in total. The molecule has 1 fully saturated rings.